The van der Waals surface area contributed by atoms with E-state index in [1.165, 1.54) is 18.4 Å². The highest BCUT2D eigenvalue weighted by Gasteiger charge is 2.36. The standard InChI is InChI=1S/C20H25N3O2/c1-15-9-19(25-21-15)10-20(24)23-13-17-7-8-18(14-23)22(12-17)11-16-5-3-2-4-6-16/h2-6,9,17-18H,7-8,10-14H2,1H3/t17-,18-/m1/s1. The first kappa shape index (κ1) is 16.3. The molecule has 2 atom stereocenters. The van der Waals surface area contributed by atoms with Crippen LogP contribution in [0.15, 0.2) is 40.9 Å². The third-order valence-corrected chi connectivity index (χ3v) is 5.41. The zero-order valence-electron chi connectivity index (χ0n) is 14.7. The van der Waals surface area contributed by atoms with Gasteiger partial charge in [-0.2, -0.15) is 0 Å². The second kappa shape index (κ2) is 7.00. The van der Waals surface area contributed by atoms with Gasteiger partial charge in [-0.1, -0.05) is 35.5 Å². The molecule has 0 aliphatic carbocycles. The molecule has 3 aliphatic rings. The second-order valence-electron chi connectivity index (χ2n) is 7.42. The van der Waals surface area contributed by atoms with Crippen LogP contribution in [0.5, 0.6) is 0 Å². The summed E-state index contributed by atoms with van der Waals surface area (Å²) in [5.74, 6) is 1.40. The van der Waals surface area contributed by atoms with Gasteiger partial charge in [0.05, 0.1) is 12.1 Å². The highest BCUT2D eigenvalue weighted by atomic mass is 16.5. The molecular weight excluding hydrogens is 314 g/mol. The molecule has 0 spiro atoms. The maximum Gasteiger partial charge on any atom is 0.230 e. The van der Waals surface area contributed by atoms with Crippen LogP contribution in [0.4, 0.5) is 0 Å². The Morgan fingerprint density at radius 2 is 2.04 bits per heavy atom. The van der Waals surface area contributed by atoms with Gasteiger partial charge in [-0.3, -0.25) is 9.69 Å². The van der Waals surface area contributed by atoms with E-state index < -0.39 is 0 Å². The molecule has 3 fully saturated rings. The van der Waals surface area contributed by atoms with Gasteiger partial charge in [0.15, 0.2) is 0 Å². The van der Waals surface area contributed by atoms with Crippen molar-refractivity contribution >= 4 is 5.91 Å². The summed E-state index contributed by atoms with van der Waals surface area (Å²) in [5.41, 5.74) is 2.18. The van der Waals surface area contributed by atoms with Crippen molar-refractivity contribution in [3.05, 3.63) is 53.4 Å². The Balaban J connectivity index is 1.42. The predicted molar refractivity (Wildman–Crippen MR) is 94.9 cm³/mol. The molecule has 5 nitrogen and oxygen atoms in total. The van der Waals surface area contributed by atoms with E-state index in [1.54, 1.807) is 0 Å². The minimum atomic E-state index is 0.162. The molecule has 3 saturated heterocycles. The molecule has 3 aliphatic heterocycles. The zero-order chi connectivity index (χ0) is 17.2. The van der Waals surface area contributed by atoms with Crippen LogP contribution in [0, 0.1) is 12.8 Å². The molecule has 4 heterocycles. The van der Waals surface area contributed by atoms with Gasteiger partial charge in [0.1, 0.15) is 5.76 Å². The lowest BCUT2D eigenvalue weighted by atomic mass is 9.94. The normalized spacial score (nSPS) is 23.6. The first-order valence-corrected chi connectivity index (χ1v) is 9.15. The number of carbonyl (C=O) groups excluding carboxylic acids is 1. The summed E-state index contributed by atoms with van der Waals surface area (Å²) in [7, 11) is 0. The number of nitrogens with zero attached hydrogens (tertiary/aromatic N) is 3. The molecule has 2 aromatic rings. The number of hydrogen-bond donors (Lipinski definition) is 0. The van der Waals surface area contributed by atoms with Crippen molar-refractivity contribution in [2.24, 2.45) is 5.92 Å². The van der Waals surface area contributed by atoms with Gasteiger partial charge in [0.2, 0.25) is 5.91 Å². The number of rotatable bonds is 4. The molecule has 1 aromatic heterocycles. The molecule has 5 rings (SSSR count). The average Bonchev–Trinajstić information content (AvgIpc) is 2.83. The van der Waals surface area contributed by atoms with Crippen molar-refractivity contribution in [3.63, 3.8) is 0 Å². The molecule has 25 heavy (non-hydrogen) atoms. The van der Waals surface area contributed by atoms with Crippen LogP contribution in [-0.4, -0.2) is 46.5 Å². The van der Waals surface area contributed by atoms with E-state index in [0.717, 1.165) is 31.9 Å². The number of piperidine rings is 1. The number of fused-ring (bicyclic) bond motifs is 4. The van der Waals surface area contributed by atoms with Gasteiger partial charge in [-0.05, 0) is 31.2 Å². The quantitative estimate of drug-likeness (QED) is 0.859. The predicted octanol–water partition coefficient (Wildman–Crippen LogP) is 2.65. The maximum atomic E-state index is 12.7. The number of benzene rings is 1. The van der Waals surface area contributed by atoms with E-state index in [9.17, 15) is 4.79 Å². The monoisotopic (exact) mass is 339 g/mol. The van der Waals surface area contributed by atoms with E-state index in [2.05, 4.69) is 40.4 Å². The fourth-order valence-corrected chi connectivity index (χ4v) is 4.15. The van der Waals surface area contributed by atoms with Crippen molar-refractivity contribution in [3.8, 4) is 0 Å². The number of hydrogen-bond acceptors (Lipinski definition) is 4. The molecule has 132 valence electrons. The fourth-order valence-electron chi connectivity index (χ4n) is 4.15. The van der Waals surface area contributed by atoms with Gasteiger partial charge in [0.25, 0.3) is 0 Å². The van der Waals surface area contributed by atoms with E-state index >= 15 is 0 Å². The van der Waals surface area contributed by atoms with E-state index in [1.807, 2.05) is 17.9 Å². The largest absolute Gasteiger partial charge is 0.361 e. The smallest absolute Gasteiger partial charge is 0.230 e. The molecule has 0 saturated carbocycles. The van der Waals surface area contributed by atoms with E-state index in [-0.39, 0.29) is 5.91 Å². The zero-order valence-corrected chi connectivity index (χ0v) is 14.7. The van der Waals surface area contributed by atoms with Gasteiger partial charge in [0, 0.05) is 38.3 Å². The van der Waals surface area contributed by atoms with Crippen molar-refractivity contribution in [2.75, 3.05) is 19.6 Å². The van der Waals surface area contributed by atoms with Gasteiger partial charge in [-0.25, -0.2) is 0 Å². The van der Waals surface area contributed by atoms with Gasteiger partial charge < -0.3 is 9.42 Å². The van der Waals surface area contributed by atoms with Crippen molar-refractivity contribution < 1.29 is 9.32 Å². The third-order valence-electron chi connectivity index (χ3n) is 5.41. The molecule has 0 unspecified atom stereocenters. The number of aromatic nitrogens is 1. The molecule has 0 N–H and O–H groups in total. The minimum absolute atomic E-state index is 0.162. The van der Waals surface area contributed by atoms with Gasteiger partial charge >= 0.3 is 0 Å². The molecule has 2 bridgehead atoms. The summed E-state index contributed by atoms with van der Waals surface area (Å²) in [5, 5.41) is 3.88. The lowest BCUT2D eigenvalue weighted by molar-refractivity contribution is -0.131. The summed E-state index contributed by atoms with van der Waals surface area (Å²) in [6, 6.07) is 12.9. The average molecular weight is 339 g/mol. The van der Waals surface area contributed by atoms with E-state index in [4.69, 9.17) is 4.52 Å². The maximum absolute atomic E-state index is 12.7. The number of aryl methyl sites for hydroxylation is 1. The first-order chi connectivity index (χ1) is 12.2. The van der Waals surface area contributed by atoms with Crippen LogP contribution < -0.4 is 0 Å². The topological polar surface area (TPSA) is 49.6 Å². The number of carbonyl (C=O) groups is 1. The SMILES string of the molecule is Cc1cc(CC(=O)N2C[C@@H]3CC[C@H](C2)N(Cc2ccccc2)C3)on1. The summed E-state index contributed by atoms with van der Waals surface area (Å²) >= 11 is 0. The highest BCUT2D eigenvalue weighted by molar-refractivity contribution is 5.78. The Hall–Kier alpha value is -2.14. The van der Waals surface area contributed by atoms with Crippen molar-refractivity contribution in [1.82, 2.24) is 15.0 Å². The van der Waals surface area contributed by atoms with Crippen molar-refractivity contribution in [1.29, 1.82) is 0 Å². The Morgan fingerprint density at radius 1 is 1.20 bits per heavy atom. The van der Waals surface area contributed by atoms with Crippen LogP contribution >= 0.6 is 0 Å². The summed E-state index contributed by atoms with van der Waals surface area (Å²) in [6.07, 6.45) is 2.73. The van der Waals surface area contributed by atoms with Crippen LogP contribution in [-0.2, 0) is 17.8 Å². The van der Waals surface area contributed by atoms with Gasteiger partial charge in [-0.15, -0.1) is 0 Å². The molecule has 0 radical (unpaired) electrons. The lowest BCUT2D eigenvalue weighted by Gasteiger charge is -2.36. The highest BCUT2D eigenvalue weighted by Crippen LogP contribution is 2.29. The van der Waals surface area contributed by atoms with Crippen LogP contribution in [0.25, 0.3) is 0 Å². The van der Waals surface area contributed by atoms with Crippen LogP contribution in [0.3, 0.4) is 0 Å². The second-order valence-corrected chi connectivity index (χ2v) is 7.42. The summed E-state index contributed by atoms with van der Waals surface area (Å²) in [4.78, 5) is 17.3. The molecular formula is C20H25N3O2. The summed E-state index contributed by atoms with van der Waals surface area (Å²) < 4.78 is 5.22. The molecule has 1 aromatic carbocycles. The van der Waals surface area contributed by atoms with Crippen LogP contribution in [0.1, 0.15) is 29.9 Å². The first-order valence-electron chi connectivity index (χ1n) is 9.15. The lowest BCUT2D eigenvalue weighted by Crippen LogP contribution is -2.44. The molecule has 5 heteroatoms. The van der Waals surface area contributed by atoms with Crippen molar-refractivity contribution in [2.45, 2.75) is 38.8 Å². The molecule has 1 amide bonds. The Morgan fingerprint density at radius 3 is 2.80 bits per heavy atom. The Bertz CT molecular complexity index is 728. The summed E-state index contributed by atoms with van der Waals surface area (Å²) in [6.45, 7) is 5.64. The van der Waals surface area contributed by atoms with E-state index in [0.29, 0.717) is 24.1 Å². The minimum Gasteiger partial charge on any atom is -0.361 e. The number of amides is 1. The Kier molecular flexibility index (Phi) is 4.57. The third kappa shape index (κ3) is 3.76. The Labute approximate surface area is 148 Å². The van der Waals surface area contributed by atoms with Crippen LogP contribution in [0.2, 0.25) is 0 Å². The fraction of sp³-hybridized carbons (Fsp3) is 0.500.